The fourth-order valence-corrected chi connectivity index (χ4v) is 17.2. The number of carbonyl (C=O) groups excluding carboxylic acids is 8. The number of aromatic nitrogens is 7. The maximum Gasteiger partial charge on any atom is 0.358 e. The van der Waals surface area contributed by atoms with Crippen LogP contribution in [-0.4, -0.2) is 245 Å². The van der Waals surface area contributed by atoms with Crippen LogP contribution in [0.5, 0.6) is 5.75 Å². The second kappa shape index (κ2) is 29.7. The van der Waals surface area contributed by atoms with E-state index in [1.54, 1.807) is 69.4 Å². The number of aliphatic hydroxyl groups is 2. The van der Waals surface area contributed by atoms with Crippen molar-refractivity contribution in [1.29, 1.82) is 0 Å². The first kappa shape index (κ1) is 73.0. The molecule has 0 unspecified atom stereocenters. The van der Waals surface area contributed by atoms with Crippen molar-refractivity contribution in [3.63, 3.8) is 0 Å². The average Bonchev–Trinajstić information content (AvgIpc) is 1.57. The third-order valence-electron chi connectivity index (χ3n) is 18.3. The lowest BCUT2D eigenvalue weighted by Gasteiger charge is -2.48. The smallest absolute Gasteiger partial charge is 0.358 e. The number of aromatic hydroxyl groups is 1. The van der Waals surface area contributed by atoms with Gasteiger partial charge in [0.05, 0.1) is 49.6 Å². The van der Waals surface area contributed by atoms with E-state index in [-0.39, 0.29) is 117 Å². The van der Waals surface area contributed by atoms with Crippen molar-refractivity contribution < 1.29 is 87.3 Å². The van der Waals surface area contributed by atoms with Gasteiger partial charge >= 0.3 is 11.9 Å². The normalized spacial score (nSPS) is 24.5. The number of likely N-dealkylation sites (N-methyl/N-ethyl adjacent to an activating group) is 2. The van der Waals surface area contributed by atoms with Crippen LogP contribution in [0.1, 0.15) is 125 Å². The number of nitrogens with one attached hydrogen (secondary N) is 4. The van der Waals surface area contributed by atoms with Crippen LogP contribution >= 0.6 is 56.7 Å². The number of thiazole rings is 5. The first-order valence-corrected chi connectivity index (χ1v) is 36.9. The molecule has 10 atom stereocenters. The molecule has 12 bridgehead atoms. The lowest BCUT2D eigenvalue weighted by Crippen LogP contribution is -2.62. The number of benzene rings is 1. The number of pyridine rings is 1. The summed E-state index contributed by atoms with van der Waals surface area (Å²) in [7, 11) is 8.21. The van der Waals surface area contributed by atoms with Crippen LogP contribution in [0.4, 0.5) is 0 Å². The molecule has 5 aliphatic rings. The van der Waals surface area contributed by atoms with Crippen molar-refractivity contribution in [2.24, 2.45) is 0 Å². The van der Waals surface area contributed by atoms with Gasteiger partial charge in [-0.25, -0.2) is 39.5 Å². The van der Waals surface area contributed by atoms with Crippen molar-refractivity contribution in [2.45, 2.75) is 108 Å². The molecule has 1 aromatic carbocycles. The number of nitrogens with zero attached hydrogens (tertiary/aromatic N) is 11. The predicted molar refractivity (Wildman–Crippen MR) is 375 cm³/mol. The standard InChI is InChI=1S/C66H71N15O18S5/c1-28(82)45-57(88)75-46(29(2)94-9)60-70-38(26-102-60)56(87)76-49-51-52(99-43-18-66(4,92)53(78(7)8)30(3)98-43)65(91)96-20-31-11-10-12-40-44(31)33(21-95-51)50(81(40)93)64(90)97-22-34(67-54(85)36-25-103-62(49)71-36)59-68-35(23-101-59)47-32(58-69-37(24-100-58)55(86)74-45)17-41(83)48(73-47)61-72-39(27-104-61)63(89)80-15-13-79(14-16-80)19-42(84)77(5)6/h10-12,17,23-28,30,34,43,45,49,51-53,82-83,92-93H,13-16,18-22H2,1-9H3,(H,67,85)(H,74,86)(H,75,88)(H,76,87)/b46-29+/t28-,30+,34+,43+,45+,49+,51+,52+,53-,66+/m1/s1. The number of carbonyl (C=O) groups is 8. The number of allylic oxidation sites excluding steroid dienone is 1. The zero-order valence-corrected chi connectivity index (χ0v) is 61.3. The highest BCUT2D eigenvalue weighted by Crippen LogP contribution is 2.43. The van der Waals surface area contributed by atoms with Crippen molar-refractivity contribution >= 4 is 121 Å². The number of rotatable bonds is 9. The molecule has 548 valence electrons. The summed E-state index contributed by atoms with van der Waals surface area (Å²) in [5.74, 6) is -6.70. The zero-order valence-electron chi connectivity index (χ0n) is 57.2. The second-order valence-corrected chi connectivity index (χ2v) is 30.2. The Bertz CT molecular complexity index is 4740. The summed E-state index contributed by atoms with van der Waals surface area (Å²) in [6, 6.07) is 0.788. The molecular formula is C66H71N15O18S5. The van der Waals surface area contributed by atoms with Crippen molar-refractivity contribution in [3.8, 4) is 38.4 Å². The van der Waals surface area contributed by atoms with Gasteiger partial charge in [-0.3, -0.25) is 33.7 Å². The minimum absolute atomic E-state index is 0.00827. The van der Waals surface area contributed by atoms with Gasteiger partial charge in [-0.15, -0.1) is 56.7 Å². The minimum Gasteiger partial charge on any atom is -0.506 e. The van der Waals surface area contributed by atoms with E-state index in [0.29, 0.717) is 36.5 Å². The van der Waals surface area contributed by atoms with Crippen molar-refractivity contribution in [3.05, 3.63) is 112 Å². The van der Waals surface area contributed by atoms with Crippen LogP contribution in [0.15, 0.2) is 56.9 Å². The third kappa shape index (κ3) is 14.5. The molecule has 8 aromatic rings. The molecule has 8 N–H and O–H groups in total. The number of hydrogen-bond acceptors (Lipinski definition) is 31. The molecule has 2 fully saturated rings. The number of aliphatic hydroxyl groups excluding tert-OH is 1. The highest BCUT2D eigenvalue weighted by Gasteiger charge is 2.50. The number of methoxy groups -OCH3 is 1. The molecule has 104 heavy (non-hydrogen) atoms. The number of esters is 2. The second-order valence-electron chi connectivity index (χ2n) is 25.9. The average molecular weight is 1520 g/mol. The summed E-state index contributed by atoms with van der Waals surface area (Å²) in [5.41, 5.74) is -2.23. The zero-order chi connectivity index (χ0) is 73.9. The largest absolute Gasteiger partial charge is 0.506 e. The number of cyclic esters (lactones) is 2. The maximum atomic E-state index is 15.2. The summed E-state index contributed by atoms with van der Waals surface area (Å²) < 4.78 is 38.4. The van der Waals surface area contributed by atoms with E-state index in [9.17, 15) is 39.7 Å². The molecule has 0 spiro atoms. The third-order valence-corrected chi connectivity index (χ3v) is 22.7. The Morgan fingerprint density at radius 3 is 2.17 bits per heavy atom. The van der Waals surface area contributed by atoms with Gasteiger partial charge in [-0.1, -0.05) is 12.1 Å². The van der Waals surface area contributed by atoms with Gasteiger partial charge in [0.25, 0.3) is 23.6 Å². The molecule has 7 aromatic heterocycles. The van der Waals surface area contributed by atoms with Crippen molar-refractivity contribution in [1.82, 2.24) is 75.5 Å². The van der Waals surface area contributed by atoms with Gasteiger partial charge in [0.1, 0.15) is 120 Å². The molecule has 0 aliphatic carbocycles. The van der Waals surface area contributed by atoms with Gasteiger partial charge in [-0.05, 0) is 59.5 Å². The summed E-state index contributed by atoms with van der Waals surface area (Å²) in [4.78, 5) is 151. The van der Waals surface area contributed by atoms with Gasteiger partial charge in [-0.2, -0.15) is 4.73 Å². The molecule has 0 saturated carbocycles. The molecular weight excluding hydrogens is 1450 g/mol. The SMILES string of the molecule is CO/C(C)=C1/NC(=O)[C@H]([C@@H](C)O)NC(=O)c2csc(n2)-c2cc(O)c(-c3nc(C(=O)N4CCN(CC(=O)N(C)C)CC4)cs3)nc2-c2csc(n2)[C@@H]2COC(=O)c3c4c5c(cccc5n3O)COC(=O)[C@@H](O[C@H]3C[C@](C)(O)[C@H](N(C)C)[C@H](C)O3)[C@@H](OC4)[C@H](NC(=O)c3csc1n3)c1nc(cs1)C(=O)N2. The van der Waals surface area contributed by atoms with Crippen LogP contribution in [-0.2, 0) is 56.0 Å². The van der Waals surface area contributed by atoms with Gasteiger partial charge < -0.3 is 84.9 Å². The Hall–Kier alpha value is -9.32. The molecule has 38 heteroatoms. The predicted octanol–water partition coefficient (Wildman–Crippen LogP) is 4.01. The topological polar surface area (TPSA) is 416 Å². The van der Waals surface area contributed by atoms with Crippen LogP contribution in [0.3, 0.4) is 0 Å². The van der Waals surface area contributed by atoms with Crippen LogP contribution in [0, 0.1) is 0 Å². The molecule has 12 heterocycles. The molecule has 6 amide bonds. The lowest BCUT2D eigenvalue weighted by atomic mass is 9.85. The molecule has 13 rings (SSSR count). The Morgan fingerprint density at radius 1 is 0.798 bits per heavy atom. The van der Waals surface area contributed by atoms with E-state index in [1.807, 2.05) is 4.90 Å². The summed E-state index contributed by atoms with van der Waals surface area (Å²) in [6.07, 6.45) is -7.52. The van der Waals surface area contributed by atoms with Crippen molar-refractivity contribution in [2.75, 3.05) is 74.6 Å². The molecule has 2 saturated heterocycles. The van der Waals surface area contributed by atoms with E-state index in [1.165, 1.54) is 59.5 Å². The maximum absolute atomic E-state index is 15.2. The number of ether oxygens (including phenoxy) is 6. The first-order valence-electron chi connectivity index (χ1n) is 32.6. The Morgan fingerprint density at radius 2 is 1.46 bits per heavy atom. The van der Waals surface area contributed by atoms with Gasteiger partial charge in [0, 0.05) is 90.1 Å². The van der Waals surface area contributed by atoms with E-state index < -0.39 is 133 Å². The Kier molecular flexibility index (Phi) is 20.8. The van der Waals surface area contributed by atoms with E-state index >= 15 is 19.2 Å². The van der Waals surface area contributed by atoms with Crippen LogP contribution in [0.2, 0.25) is 0 Å². The highest BCUT2D eigenvalue weighted by molar-refractivity contribution is 7.14. The molecule has 0 radical (unpaired) electrons. The summed E-state index contributed by atoms with van der Waals surface area (Å²) >= 11 is 4.70. The van der Waals surface area contributed by atoms with Gasteiger partial charge in [0.15, 0.2) is 18.1 Å². The van der Waals surface area contributed by atoms with E-state index in [4.69, 9.17) is 43.4 Å². The summed E-state index contributed by atoms with van der Waals surface area (Å²) in [6.45, 7) is 6.02. The lowest BCUT2D eigenvalue weighted by molar-refractivity contribution is -0.280. The molecule has 33 nitrogen and oxygen atoms in total. The Labute approximate surface area is 612 Å². The molecule has 5 aliphatic heterocycles. The number of amides is 6. The van der Waals surface area contributed by atoms with E-state index in [0.717, 1.165) is 56.7 Å². The Balaban J connectivity index is 0.954. The number of piperazine rings is 1. The highest BCUT2D eigenvalue weighted by atomic mass is 32.1. The fourth-order valence-electron chi connectivity index (χ4n) is 13.1. The minimum atomic E-state index is -1.91. The first-order chi connectivity index (χ1) is 49.6. The quantitative estimate of drug-likeness (QED) is 0.0575. The van der Waals surface area contributed by atoms with Crippen LogP contribution in [0.25, 0.3) is 49.3 Å². The summed E-state index contributed by atoms with van der Waals surface area (Å²) in [5, 5.41) is 66.2. The fraction of sp³-hybridized carbons (Fsp3) is 0.424. The van der Waals surface area contributed by atoms with Crippen LogP contribution < -0.4 is 21.3 Å². The monoisotopic (exact) mass is 1520 g/mol. The number of fused-ring (bicyclic) bond motifs is 15. The number of hydrogen-bond donors (Lipinski definition) is 8. The van der Waals surface area contributed by atoms with E-state index in [2.05, 4.69) is 36.2 Å². The van der Waals surface area contributed by atoms with Gasteiger partial charge in [0.2, 0.25) is 11.8 Å².